The quantitative estimate of drug-likeness (QED) is 0.542. The summed E-state index contributed by atoms with van der Waals surface area (Å²) in [5, 5.41) is 5.03. The third kappa shape index (κ3) is 5.62. The number of likely N-dealkylation sites (N-methyl/N-ethyl adjacent to an activating group) is 1. The predicted octanol–water partition coefficient (Wildman–Crippen LogP) is 5.25. The van der Waals surface area contributed by atoms with Crippen molar-refractivity contribution in [2.45, 2.75) is 76.2 Å². The normalized spacial score (nSPS) is 23.2. The van der Waals surface area contributed by atoms with Crippen molar-refractivity contribution in [3.05, 3.63) is 59.7 Å². The first-order chi connectivity index (χ1) is 16.7. The lowest BCUT2D eigenvalue weighted by Crippen LogP contribution is -2.56. The Kier molecular flexibility index (Phi) is 7.48. The molecule has 6 nitrogen and oxygen atoms in total. The molecule has 182 valence electrons. The van der Waals surface area contributed by atoms with Crippen molar-refractivity contribution in [3.8, 4) is 5.75 Å². The average Bonchev–Trinajstić information content (AvgIpc) is 2.84. The number of nitrogens with one attached hydrogen (secondary N) is 1. The van der Waals surface area contributed by atoms with Gasteiger partial charge >= 0.3 is 0 Å². The second kappa shape index (κ2) is 10.9. The van der Waals surface area contributed by atoms with Crippen LogP contribution < -0.4 is 10.2 Å². The molecule has 2 aromatic rings. The van der Waals surface area contributed by atoms with E-state index in [9.17, 15) is 4.79 Å². The number of fused-ring (bicyclic) bond motifs is 1. The van der Waals surface area contributed by atoms with Crippen molar-refractivity contribution in [1.82, 2.24) is 9.96 Å². The van der Waals surface area contributed by atoms with Crippen LogP contribution in [0.4, 0.5) is 5.69 Å². The molecule has 3 fully saturated rings. The van der Waals surface area contributed by atoms with Crippen molar-refractivity contribution < 1.29 is 14.4 Å². The number of carbonyl (C=O) groups is 1. The summed E-state index contributed by atoms with van der Waals surface area (Å²) in [4.78, 5) is 21.5. The number of anilines is 1. The van der Waals surface area contributed by atoms with E-state index in [0.717, 1.165) is 17.0 Å². The average molecular weight is 464 g/mol. The zero-order chi connectivity index (χ0) is 23.3. The first-order valence-electron chi connectivity index (χ1n) is 12.9. The fourth-order valence-corrected chi connectivity index (χ4v) is 5.39. The molecule has 0 bridgehead atoms. The van der Waals surface area contributed by atoms with Gasteiger partial charge in [-0.25, -0.2) is 0 Å². The number of carbonyl (C=O) groups excluding carboxylic acids is 1. The number of hydrogen-bond donors (Lipinski definition) is 1. The minimum absolute atomic E-state index is 0.114. The van der Waals surface area contributed by atoms with Crippen molar-refractivity contribution in [2.75, 3.05) is 25.5 Å². The van der Waals surface area contributed by atoms with Gasteiger partial charge in [0.1, 0.15) is 5.75 Å². The first kappa shape index (κ1) is 23.3. The SMILES string of the molecule is CN(Oc1ccc(NC(=O)c2ccc(COC3CCC3)cc2)cc1)C1CCCN2CCCCC12. The van der Waals surface area contributed by atoms with Crippen LogP contribution in [0.25, 0.3) is 0 Å². The van der Waals surface area contributed by atoms with Gasteiger partial charge in [0.25, 0.3) is 5.91 Å². The Labute approximate surface area is 203 Å². The van der Waals surface area contributed by atoms with E-state index in [2.05, 4.69) is 17.3 Å². The number of amides is 1. The topological polar surface area (TPSA) is 54.0 Å². The summed E-state index contributed by atoms with van der Waals surface area (Å²) in [6.45, 7) is 3.06. The number of benzene rings is 2. The standard InChI is InChI=1S/C28H37N3O3/c1-30(26-9-5-19-31-18-3-2-8-27(26)31)34-25-16-14-23(15-17-25)29-28(32)22-12-10-21(11-13-22)20-33-24-6-4-7-24/h10-17,24,26-27H,2-9,18-20H2,1H3,(H,29,32). The lowest BCUT2D eigenvalue weighted by atomic mass is 9.89. The molecule has 3 aliphatic rings. The number of hydroxylamine groups is 2. The molecule has 2 aliphatic heterocycles. The molecule has 2 aromatic carbocycles. The fourth-order valence-electron chi connectivity index (χ4n) is 5.39. The van der Waals surface area contributed by atoms with Gasteiger partial charge in [0.2, 0.25) is 0 Å². The zero-order valence-corrected chi connectivity index (χ0v) is 20.2. The number of nitrogens with zero attached hydrogens (tertiary/aromatic N) is 2. The minimum Gasteiger partial charge on any atom is -0.406 e. The lowest BCUT2D eigenvalue weighted by molar-refractivity contribution is -0.116. The molecule has 2 atom stereocenters. The smallest absolute Gasteiger partial charge is 0.255 e. The third-order valence-corrected chi connectivity index (χ3v) is 7.64. The maximum atomic E-state index is 12.7. The van der Waals surface area contributed by atoms with Crippen LogP contribution >= 0.6 is 0 Å². The van der Waals surface area contributed by atoms with E-state index in [1.165, 1.54) is 64.5 Å². The molecule has 6 heteroatoms. The predicted molar refractivity (Wildman–Crippen MR) is 134 cm³/mol. The van der Waals surface area contributed by atoms with Crippen molar-refractivity contribution in [3.63, 3.8) is 0 Å². The second-order valence-corrected chi connectivity index (χ2v) is 9.99. The lowest BCUT2D eigenvalue weighted by Gasteiger charge is -2.46. The van der Waals surface area contributed by atoms with Crippen molar-refractivity contribution in [2.24, 2.45) is 0 Å². The summed E-state index contributed by atoms with van der Waals surface area (Å²) < 4.78 is 5.85. The van der Waals surface area contributed by atoms with Crippen LogP contribution in [0.5, 0.6) is 5.75 Å². The Morgan fingerprint density at radius 3 is 2.44 bits per heavy atom. The summed E-state index contributed by atoms with van der Waals surface area (Å²) in [5.41, 5.74) is 2.50. The highest BCUT2D eigenvalue weighted by Gasteiger charge is 2.36. The van der Waals surface area contributed by atoms with E-state index >= 15 is 0 Å². The Morgan fingerprint density at radius 2 is 1.71 bits per heavy atom. The monoisotopic (exact) mass is 463 g/mol. The van der Waals surface area contributed by atoms with Crippen LogP contribution in [0.15, 0.2) is 48.5 Å². The zero-order valence-electron chi connectivity index (χ0n) is 20.2. The number of piperidine rings is 2. The van der Waals surface area contributed by atoms with E-state index in [4.69, 9.17) is 9.57 Å². The van der Waals surface area contributed by atoms with Crippen LogP contribution in [0, 0.1) is 0 Å². The highest BCUT2D eigenvalue weighted by atomic mass is 16.7. The molecule has 2 saturated heterocycles. The van der Waals surface area contributed by atoms with Crippen LogP contribution in [0.1, 0.15) is 67.3 Å². The van der Waals surface area contributed by atoms with Crippen LogP contribution in [0.2, 0.25) is 0 Å². The third-order valence-electron chi connectivity index (χ3n) is 7.64. The number of hydrogen-bond acceptors (Lipinski definition) is 5. The largest absolute Gasteiger partial charge is 0.406 e. The highest BCUT2D eigenvalue weighted by Crippen LogP contribution is 2.30. The molecule has 2 unspecified atom stereocenters. The van der Waals surface area contributed by atoms with Gasteiger partial charge in [-0.1, -0.05) is 18.6 Å². The first-order valence-corrected chi connectivity index (χ1v) is 12.9. The van der Waals surface area contributed by atoms with Crippen LogP contribution in [0.3, 0.4) is 0 Å². The summed E-state index contributed by atoms with van der Waals surface area (Å²) in [6, 6.07) is 16.3. The molecular weight excluding hydrogens is 426 g/mol. The van der Waals surface area contributed by atoms with E-state index < -0.39 is 0 Å². The number of ether oxygens (including phenoxy) is 1. The fraction of sp³-hybridized carbons (Fsp3) is 0.536. The molecule has 1 saturated carbocycles. The summed E-state index contributed by atoms with van der Waals surface area (Å²) in [7, 11) is 2.05. The molecule has 1 amide bonds. The Bertz CT molecular complexity index is 940. The molecule has 2 heterocycles. The van der Waals surface area contributed by atoms with Gasteiger partial charge < -0.3 is 14.9 Å². The minimum atomic E-state index is -0.114. The molecule has 0 spiro atoms. The number of rotatable bonds is 8. The molecule has 1 aliphatic carbocycles. The Balaban J connectivity index is 1.12. The molecule has 1 N–H and O–H groups in total. The van der Waals surface area contributed by atoms with Gasteiger partial charge in [0, 0.05) is 24.3 Å². The van der Waals surface area contributed by atoms with E-state index in [1.807, 2.05) is 53.6 Å². The van der Waals surface area contributed by atoms with Gasteiger partial charge in [-0.2, -0.15) is 0 Å². The molecule has 0 aromatic heterocycles. The van der Waals surface area contributed by atoms with Gasteiger partial charge in [0.05, 0.1) is 18.8 Å². The molecule has 34 heavy (non-hydrogen) atoms. The second-order valence-electron chi connectivity index (χ2n) is 9.99. The maximum absolute atomic E-state index is 12.7. The summed E-state index contributed by atoms with van der Waals surface area (Å²) in [6.07, 6.45) is 10.3. The van der Waals surface area contributed by atoms with E-state index in [1.54, 1.807) is 0 Å². The molecular formula is C28H37N3O3. The Hall–Kier alpha value is -2.41. The maximum Gasteiger partial charge on any atom is 0.255 e. The van der Waals surface area contributed by atoms with Crippen molar-refractivity contribution >= 4 is 11.6 Å². The summed E-state index contributed by atoms with van der Waals surface area (Å²) >= 11 is 0. The van der Waals surface area contributed by atoms with Gasteiger partial charge in [-0.05, 0) is 100.0 Å². The van der Waals surface area contributed by atoms with Crippen molar-refractivity contribution in [1.29, 1.82) is 0 Å². The molecule has 0 radical (unpaired) electrons. The van der Waals surface area contributed by atoms with E-state index in [0.29, 0.717) is 30.4 Å². The Morgan fingerprint density at radius 1 is 0.941 bits per heavy atom. The van der Waals surface area contributed by atoms with Crippen LogP contribution in [-0.2, 0) is 11.3 Å². The molecule has 5 rings (SSSR count). The summed E-state index contributed by atoms with van der Waals surface area (Å²) in [5.74, 6) is 0.682. The highest BCUT2D eigenvalue weighted by molar-refractivity contribution is 6.04. The van der Waals surface area contributed by atoms with Gasteiger partial charge in [0.15, 0.2) is 0 Å². The van der Waals surface area contributed by atoms with Gasteiger partial charge in [-0.3, -0.25) is 9.69 Å². The van der Waals surface area contributed by atoms with E-state index in [-0.39, 0.29) is 5.91 Å². The van der Waals surface area contributed by atoms with Crippen LogP contribution in [-0.4, -0.2) is 54.2 Å². The van der Waals surface area contributed by atoms with Gasteiger partial charge in [-0.15, -0.1) is 5.06 Å².